The molecule has 2 atom stereocenters. The van der Waals surface area contributed by atoms with Crippen LogP contribution in [0, 0.1) is 0 Å². The highest BCUT2D eigenvalue weighted by molar-refractivity contribution is 8.15. The van der Waals surface area contributed by atoms with Crippen LogP contribution in [0.3, 0.4) is 0 Å². The van der Waals surface area contributed by atoms with Gasteiger partial charge in [0.25, 0.3) is 5.24 Å². The van der Waals surface area contributed by atoms with E-state index in [4.69, 9.17) is 0 Å². The molecule has 0 saturated carbocycles. The lowest BCUT2D eigenvalue weighted by Crippen LogP contribution is -2.46. The number of hydrogen-bond acceptors (Lipinski definition) is 4. The lowest BCUT2D eigenvalue weighted by Gasteiger charge is -2.24. The third kappa shape index (κ3) is 3.81. The zero-order valence-electron chi connectivity index (χ0n) is 11.1. The number of hydrogen-bond donors (Lipinski definition) is 2. The van der Waals surface area contributed by atoms with Gasteiger partial charge in [0, 0.05) is 12.1 Å². The molecular formula is C14H18N2O2S. The molecule has 4 nitrogen and oxygen atoms in total. The minimum Gasteiger partial charge on any atom is -0.310 e. The molecule has 19 heavy (non-hydrogen) atoms. The first-order valence-corrected chi connectivity index (χ1v) is 7.25. The van der Waals surface area contributed by atoms with Gasteiger partial charge in [-0.25, -0.2) is 0 Å². The Morgan fingerprint density at radius 1 is 1.26 bits per heavy atom. The van der Waals surface area contributed by atoms with Gasteiger partial charge in [-0.1, -0.05) is 44.2 Å². The minimum absolute atomic E-state index is 0.0427. The maximum Gasteiger partial charge on any atom is 0.286 e. The van der Waals surface area contributed by atoms with E-state index in [0.717, 1.165) is 23.7 Å². The smallest absolute Gasteiger partial charge is 0.286 e. The average Bonchev–Trinajstić information content (AvgIpc) is 2.68. The zero-order chi connectivity index (χ0) is 13.8. The fraction of sp³-hybridized carbons (Fsp3) is 0.429. The van der Waals surface area contributed by atoms with E-state index in [1.165, 1.54) is 0 Å². The van der Waals surface area contributed by atoms with Crippen molar-refractivity contribution in [2.45, 2.75) is 37.6 Å². The molecule has 0 spiro atoms. The number of imide groups is 1. The highest BCUT2D eigenvalue weighted by Gasteiger charge is 2.37. The summed E-state index contributed by atoms with van der Waals surface area (Å²) in [6.45, 7) is 4.08. The Morgan fingerprint density at radius 3 is 2.47 bits per heavy atom. The van der Waals surface area contributed by atoms with Crippen molar-refractivity contribution in [3.8, 4) is 0 Å². The van der Waals surface area contributed by atoms with Gasteiger partial charge < -0.3 is 5.32 Å². The Balaban J connectivity index is 2.12. The predicted molar refractivity (Wildman–Crippen MR) is 77.1 cm³/mol. The summed E-state index contributed by atoms with van der Waals surface area (Å²) in [6.07, 6.45) is 0.734. The summed E-state index contributed by atoms with van der Waals surface area (Å²) in [6, 6.07) is 10.2. The lowest BCUT2D eigenvalue weighted by atomic mass is 10.0. The van der Waals surface area contributed by atoms with Crippen molar-refractivity contribution < 1.29 is 9.59 Å². The summed E-state index contributed by atoms with van der Waals surface area (Å²) in [4.78, 5) is 23.1. The summed E-state index contributed by atoms with van der Waals surface area (Å²) in [5.74, 6) is -0.191. The molecule has 2 N–H and O–H groups in total. The van der Waals surface area contributed by atoms with Crippen LogP contribution in [-0.4, -0.2) is 28.5 Å². The monoisotopic (exact) mass is 278 g/mol. The van der Waals surface area contributed by atoms with E-state index in [9.17, 15) is 9.59 Å². The van der Waals surface area contributed by atoms with E-state index in [0.29, 0.717) is 0 Å². The third-order valence-corrected chi connectivity index (χ3v) is 4.04. The summed E-state index contributed by atoms with van der Waals surface area (Å²) in [7, 11) is 0. The Labute approximate surface area is 117 Å². The van der Waals surface area contributed by atoms with Gasteiger partial charge in [0.1, 0.15) is 5.25 Å². The highest BCUT2D eigenvalue weighted by atomic mass is 32.2. The van der Waals surface area contributed by atoms with Crippen molar-refractivity contribution in [3.63, 3.8) is 0 Å². The molecule has 0 radical (unpaired) electrons. The molecular weight excluding hydrogens is 260 g/mol. The molecule has 2 amide bonds. The first kappa shape index (κ1) is 14.1. The number of amides is 2. The topological polar surface area (TPSA) is 58.2 Å². The quantitative estimate of drug-likeness (QED) is 0.864. The number of carbonyl (C=O) groups excluding carboxylic acids is 2. The van der Waals surface area contributed by atoms with Gasteiger partial charge in [-0.2, -0.15) is 0 Å². The molecule has 102 valence electrons. The molecule has 1 heterocycles. The highest BCUT2D eigenvalue weighted by Crippen LogP contribution is 2.24. The van der Waals surface area contributed by atoms with E-state index in [-0.39, 0.29) is 28.5 Å². The second-order valence-electron chi connectivity index (χ2n) is 4.93. The van der Waals surface area contributed by atoms with Crippen molar-refractivity contribution in [1.82, 2.24) is 10.6 Å². The molecule has 1 fully saturated rings. The maximum atomic E-state index is 11.8. The SMILES string of the molecule is CC(C)N[C@@H](Cc1ccccc1)C1SC(=O)NC1=O. The van der Waals surface area contributed by atoms with Gasteiger partial charge in [-0.3, -0.25) is 14.9 Å². The van der Waals surface area contributed by atoms with Crippen LogP contribution in [0.25, 0.3) is 0 Å². The largest absolute Gasteiger partial charge is 0.310 e. The van der Waals surface area contributed by atoms with Crippen LogP contribution in [0.4, 0.5) is 4.79 Å². The number of rotatable bonds is 5. The van der Waals surface area contributed by atoms with Crippen LogP contribution >= 0.6 is 11.8 Å². The number of nitrogens with one attached hydrogen (secondary N) is 2. The Hall–Kier alpha value is -1.33. The fourth-order valence-corrected chi connectivity index (χ4v) is 3.08. The molecule has 1 aromatic rings. The molecule has 0 aromatic heterocycles. The standard InChI is InChI=1S/C14H18N2O2S/c1-9(2)15-11(8-10-6-4-3-5-7-10)12-13(17)16-14(18)19-12/h3-7,9,11-12,15H,8H2,1-2H3,(H,16,17,18)/t11-,12?/m0/s1. The third-order valence-electron chi connectivity index (χ3n) is 2.93. The van der Waals surface area contributed by atoms with E-state index < -0.39 is 0 Å². The van der Waals surface area contributed by atoms with Gasteiger partial charge in [0.05, 0.1) is 0 Å². The Morgan fingerprint density at radius 2 is 1.95 bits per heavy atom. The average molecular weight is 278 g/mol. The van der Waals surface area contributed by atoms with Crippen LogP contribution in [-0.2, 0) is 11.2 Å². The first-order chi connectivity index (χ1) is 9.06. The molecule has 5 heteroatoms. The van der Waals surface area contributed by atoms with Crippen molar-refractivity contribution in [2.24, 2.45) is 0 Å². The Bertz CT molecular complexity index is 462. The van der Waals surface area contributed by atoms with Crippen molar-refractivity contribution in [2.75, 3.05) is 0 Å². The summed E-state index contributed by atoms with van der Waals surface area (Å²) in [5.41, 5.74) is 1.16. The van der Waals surface area contributed by atoms with Crippen LogP contribution in [0.15, 0.2) is 30.3 Å². The normalized spacial score (nSPS) is 20.7. The maximum absolute atomic E-state index is 11.8. The molecule has 1 aliphatic heterocycles. The fourth-order valence-electron chi connectivity index (χ4n) is 2.18. The van der Waals surface area contributed by atoms with E-state index in [2.05, 4.69) is 10.6 Å². The molecule has 1 saturated heterocycles. The van der Waals surface area contributed by atoms with Crippen molar-refractivity contribution >= 4 is 22.9 Å². The van der Waals surface area contributed by atoms with Gasteiger partial charge >= 0.3 is 0 Å². The molecule has 1 unspecified atom stereocenters. The van der Waals surface area contributed by atoms with E-state index in [1.807, 2.05) is 44.2 Å². The predicted octanol–water partition coefficient (Wildman–Crippen LogP) is 1.95. The molecule has 1 aromatic carbocycles. The summed E-state index contributed by atoms with van der Waals surface area (Å²) >= 11 is 1.08. The minimum atomic E-state index is -0.352. The van der Waals surface area contributed by atoms with Crippen molar-refractivity contribution in [3.05, 3.63) is 35.9 Å². The molecule has 0 bridgehead atoms. The van der Waals surface area contributed by atoms with Crippen LogP contribution in [0.2, 0.25) is 0 Å². The summed E-state index contributed by atoms with van der Waals surface area (Å²) in [5, 5.41) is 5.14. The van der Waals surface area contributed by atoms with Crippen LogP contribution < -0.4 is 10.6 Å². The van der Waals surface area contributed by atoms with Gasteiger partial charge in [0.2, 0.25) is 5.91 Å². The summed E-state index contributed by atoms with van der Waals surface area (Å²) < 4.78 is 0. The zero-order valence-corrected chi connectivity index (χ0v) is 11.9. The Kier molecular flexibility index (Phi) is 4.61. The van der Waals surface area contributed by atoms with E-state index >= 15 is 0 Å². The van der Waals surface area contributed by atoms with Gasteiger partial charge in [-0.05, 0) is 23.7 Å². The number of benzene rings is 1. The molecule has 2 rings (SSSR count). The van der Waals surface area contributed by atoms with Crippen LogP contribution in [0.1, 0.15) is 19.4 Å². The molecule has 0 aliphatic carbocycles. The van der Waals surface area contributed by atoms with E-state index in [1.54, 1.807) is 0 Å². The second-order valence-corrected chi connectivity index (χ2v) is 6.05. The van der Waals surface area contributed by atoms with Crippen molar-refractivity contribution in [1.29, 1.82) is 0 Å². The van der Waals surface area contributed by atoms with Gasteiger partial charge in [-0.15, -0.1) is 0 Å². The van der Waals surface area contributed by atoms with Crippen LogP contribution in [0.5, 0.6) is 0 Å². The first-order valence-electron chi connectivity index (χ1n) is 6.37. The second kappa shape index (κ2) is 6.21. The molecule has 1 aliphatic rings. The van der Waals surface area contributed by atoms with Gasteiger partial charge in [0.15, 0.2) is 0 Å². The number of carbonyl (C=O) groups is 2. The lowest BCUT2D eigenvalue weighted by molar-refractivity contribution is -0.119. The number of thioether (sulfide) groups is 1.